The van der Waals surface area contributed by atoms with Crippen molar-refractivity contribution in [2.24, 2.45) is 5.92 Å². The van der Waals surface area contributed by atoms with Crippen LogP contribution < -0.4 is 5.32 Å². The molecule has 1 amide bonds. The van der Waals surface area contributed by atoms with Crippen LogP contribution >= 0.6 is 0 Å². The molecule has 2 atom stereocenters. The summed E-state index contributed by atoms with van der Waals surface area (Å²) in [4.78, 5) is 14.0. The van der Waals surface area contributed by atoms with Crippen LogP contribution in [0.3, 0.4) is 0 Å². The van der Waals surface area contributed by atoms with Crippen molar-refractivity contribution in [2.75, 3.05) is 32.8 Å². The Morgan fingerprint density at radius 2 is 2.17 bits per heavy atom. The summed E-state index contributed by atoms with van der Waals surface area (Å²) in [5.74, 6) is 0.937. The zero-order valence-corrected chi connectivity index (χ0v) is 11.5. The monoisotopic (exact) mass is 254 g/mol. The van der Waals surface area contributed by atoms with Gasteiger partial charge in [0.15, 0.2) is 0 Å². The molecule has 0 saturated carbocycles. The number of nitrogens with one attached hydrogen (secondary N) is 1. The molecule has 0 aromatic rings. The van der Waals surface area contributed by atoms with Gasteiger partial charge in [-0.15, -0.1) is 0 Å². The number of piperidine rings is 1. The Bertz CT molecular complexity index is 259. The zero-order chi connectivity index (χ0) is 12.8. The van der Waals surface area contributed by atoms with Crippen molar-refractivity contribution in [2.45, 2.75) is 45.1 Å². The molecular formula is C14H26N2O2. The van der Waals surface area contributed by atoms with Crippen LogP contribution in [0.1, 0.15) is 39.0 Å². The molecule has 0 aliphatic carbocycles. The first kappa shape index (κ1) is 13.8. The summed E-state index contributed by atoms with van der Waals surface area (Å²) in [5, 5.41) is 3.47. The topological polar surface area (TPSA) is 41.6 Å². The first-order valence-electron chi connectivity index (χ1n) is 7.36. The van der Waals surface area contributed by atoms with Crippen LogP contribution in [-0.2, 0) is 9.53 Å². The van der Waals surface area contributed by atoms with Gasteiger partial charge in [-0.1, -0.05) is 0 Å². The van der Waals surface area contributed by atoms with E-state index in [9.17, 15) is 4.79 Å². The predicted octanol–water partition coefficient (Wildman–Crippen LogP) is 1.40. The van der Waals surface area contributed by atoms with Crippen molar-refractivity contribution in [3.05, 3.63) is 0 Å². The molecule has 18 heavy (non-hydrogen) atoms. The van der Waals surface area contributed by atoms with Gasteiger partial charge in [-0.25, -0.2) is 0 Å². The molecular weight excluding hydrogens is 228 g/mol. The summed E-state index contributed by atoms with van der Waals surface area (Å²) in [6.45, 7) is 6.69. The molecule has 1 N–H and O–H groups in total. The van der Waals surface area contributed by atoms with Gasteiger partial charge in [0.2, 0.25) is 5.91 Å². The SMILES string of the molecule is CC(NCCC(=O)N1CCCCC1)C1CCOC1. The number of carbonyl (C=O) groups excluding carboxylic acids is 1. The number of ether oxygens (including phenoxy) is 1. The molecule has 4 nitrogen and oxygen atoms in total. The van der Waals surface area contributed by atoms with Gasteiger partial charge < -0.3 is 15.0 Å². The molecule has 2 aliphatic heterocycles. The third-order valence-corrected chi connectivity index (χ3v) is 4.19. The lowest BCUT2D eigenvalue weighted by Gasteiger charge is -2.27. The standard InChI is InChI=1S/C14H26N2O2/c1-12(13-6-10-18-11-13)15-7-5-14(17)16-8-3-2-4-9-16/h12-13,15H,2-11H2,1H3. The second kappa shape index (κ2) is 7.10. The van der Waals surface area contributed by atoms with Crippen LogP contribution in [0.2, 0.25) is 0 Å². The number of hydrogen-bond acceptors (Lipinski definition) is 3. The molecule has 0 spiro atoms. The van der Waals surface area contributed by atoms with Gasteiger partial charge in [0.25, 0.3) is 0 Å². The number of nitrogens with zero attached hydrogens (tertiary/aromatic N) is 1. The van der Waals surface area contributed by atoms with Crippen LogP contribution in [0.4, 0.5) is 0 Å². The van der Waals surface area contributed by atoms with Gasteiger partial charge in [-0.2, -0.15) is 0 Å². The molecule has 2 unspecified atom stereocenters. The molecule has 104 valence electrons. The van der Waals surface area contributed by atoms with E-state index in [0.29, 0.717) is 24.3 Å². The van der Waals surface area contributed by atoms with Crippen molar-refractivity contribution in [1.82, 2.24) is 10.2 Å². The molecule has 2 fully saturated rings. The predicted molar refractivity (Wildman–Crippen MR) is 71.4 cm³/mol. The Morgan fingerprint density at radius 3 is 2.83 bits per heavy atom. The lowest BCUT2D eigenvalue weighted by Crippen LogP contribution is -2.39. The van der Waals surface area contributed by atoms with E-state index in [1.807, 2.05) is 4.90 Å². The fraction of sp³-hybridized carbons (Fsp3) is 0.929. The van der Waals surface area contributed by atoms with Gasteiger partial charge in [0, 0.05) is 38.7 Å². The average molecular weight is 254 g/mol. The lowest BCUT2D eigenvalue weighted by atomic mass is 10.0. The molecule has 0 aromatic heterocycles. The maximum absolute atomic E-state index is 12.0. The third-order valence-electron chi connectivity index (χ3n) is 4.19. The third kappa shape index (κ3) is 3.95. The van der Waals surface area contributed by atoms with Crippen molar-refractivity contribution in [3.8, 4) is 0 Å². The van der Waals surface area contributed by atoms with Crippen molar-refractivity contribution < 1.29 is 9.53 Å². The zero-order valence-electron chi connectivity index (χ0n) is 11.5. The Labute approximate surface area is 110 Å². The first-order valence-corrected chi connectivity index (χ1v) is 7.36. The van der Waals surface area contributed by atoms with Crippen molar-refractivity contribution in [3.63, 3.8) is 0 Å². The summed E-state index contributed by atoms with van der Waals surface area (Å²) in [7, 11) is 0. The summed E-state index contributed by atoms with van der Waals surface area (Å²) in [6.07, 6.45) is 5.41. The quantitative estimate of drug-likeness (QED) is 0.806. The minimum Gasteiger partial charge on any atom is -0.381 e. The Hall–Kier alpha value is -0.610. The highest BCUT2D eigenvalue weighted by Gasteiger charge is 2.22. The highest BCUT2D eigenvalue weighted by Crippen LogP contribution is 2.16. The second-order valence-electron chi connectivity index (χ2n) is 5.56. The first-order chi connectivity index (χ1) is 8.77. The fourth-order valence-corrected chi connectivity index (χ4v) is 2.82. The number of rotatable bonds is 5. The van der Waals surface area contributed by atoms with E-state index < -0.39 is 0 Å². The van der Waals surface area contributed by atoms with Gasteiger partial charge in [-0.3, -0.25) is 4.79 Å². The second-order valence-corrected chi connectivity index (χ2v) is 5.56. The van der Waals surface area contributed by atoms with E-state index in [1.54, 1.807) is 0 Å². The van der Waals surface area contributed by atoms with Gasteiger partial charge in [0.05, 0.1) is 6.61 Å². The number of amides is 1. The highest BCUT2D eigenvalue weighted by molar-refractivity contribution is 5.76. The normalized spacial score (nSPS) is 26.3. The number of likely N-dealkylation sites (tertiary alicyclic amines) is 1. The Kier molecular flexibility index (Phi) is 5.45. The van der Waals surface area contributed by atoms with Crippen LogP contribution in [-0.4, -0.2) is 49.7 Å². The highest BCUT2D eigenvalue weighted by atomic mass is 16.5. The molecule has 2 rings (SSSR count). The molecule has 2 saturated heterocycles. The van der Waals surface area contributed by atoms with E-state index in [4.69, 9.17) is 4.74 Å². The van der Waals surface area contributed by atoms with E-state index in [0.717, 1.165) is 39.3 Å². The minimum atomic E-state index is 0.317. The van der Waals surface area contributed by atoms with Gasteiger partial charge >= 0.3 is 0 Å². The van der Waals surface area contributed by atoms with E-state index in [1.165, 1.54) is 19.3 Å². The lowest BCUT2D eigenvalue weighted by molar-refractivity contribution is -0.132. The largest absolute Gasteiger partial charge is 0.381 e. The number of carbonyl (C=O) groups is 1. The van der Waals surface area contributed by atoms with E-state index in [2.05, 4.69) is 12.2 Å². The van der Waals surface area contributed by atoms with Crippen LogP contribution in [0.25, 0.3) is 0 Å². The Morgan fingerprint density at radius 1 is 1.39 bits per heavy atom. The van der Waals surface area contributed by atoms with E-state index >= 15 is 0 Å². The maximum atomic E-state index is 12.0. The van der Waals surface area contributed by atoms with Gasteiger partial charge in [0.1, 0.15) is 0 Å². The van der Waals surface area contributed by atoms with Crippen LogP contribution in [0.15, 0.2) is 0 Å². The summed E-state index contributed by atoms with van der Waals surface area (Å²) < 4.78 is 5.39. The van der Waals surface area contributed by atoms with Crippen molar-refractivity contribution >= 4 is 5.91 Å². The average Bonchev–Trinajstić information content (AvgIpc) is 2.93. The summed E-state index contributed by atoms with van der Waals surface area (Å²) in [6, 6.07) is 0.460. The molecule has 2 aliphatic rings. The minimum absolute atomic E-state index is 0.317. The summed E-state index contributed by atoms with van der Waals surface area (Å²) >= 11 is 0. The molecule has 0 aromatic carbocycles. The Balaban J connectivity index is 1.60. The molecule has 4 heteroatoms. The van der Waals surface area contributed by atoms with Crippen LogP contribution in [0, 0.1) is 5.92 Å². The molecule has 0 radical (unpaired) electrons. The fourth-order valence-electron chi connectivity index (χ4n) is 2.82. The van der Waals surface area contributed by atoms with Crippen molar-refractivity contribution in [1.29, 1.82) is 0 Å². The number of hydrogen-bond donors (Lipinski definition) is 1. The van der Waals surface area contributed by atoms with Gasteiger partial charge in [-0.05, 0) is 38.5 Å². The van der Waals surface area contributed by atoms with Crippen LogP contribution in [0.5, 0.6) is 0 Å². The smallest absolute Gasteiger partial charge is 0.223 e. The maximum Gasteiger partial charge on any atom is 0.223 e. The van der Waals surface area contributed by atoms with E-state index in [-0.39, 0.29) is 0 Å². The molecule has 0 bridgehead atoms. The summed E-state index contributed by atoms with van der Waals surface area (Å²) in [5.41, 5.74) is 0. The molecule has 2 heterocycles.